The van der Waals surface area contributed by atoms with E-state index in [1.165, 1.54) is 31.4 Å². The predicted octanol–water partition coefficient (Wildman–Crippen LogP) is 3.82. The number of primary sulfonamides is 1. The van der Waals surface area contributed by atoms with E-state index in [4.69, 9.17) is 9.88 Å². The second-order valence-corrected chi connectivity index (χ2v) is 8.44. The first-order chi connectivity index (χ1) is 13.0. The van der Waals surface area contributed by atoms with Crippen LogP contribution in [0.25, 0.3) is 16.9 Å². The number of rotatable bonds is 4. The number of nitrogens with two attached hydrogens (primary N) is 1. The van der Waals surface area contributed by atoms with Gasteiger partial charge in [-0.15, -0.1) is 0 Å². The van der Waals surface area contributed by atoms with Crippen LogP contribution in [0.15, 0.2) is 53.4 Å². The molecule has 0 atom stereocenters. The van der Waals surface area contributed by atoms with Crippen molar-refractivity contribution in [2.24, 2.45) is 5.14 Å². The van der Waals surface area contributed by atoms with Crippen LogP contribution in [0, 0.1) is 3.57 Å². The molecule has 2 N–H and O–H groups in total. The molecule has 11 heteroatoms. The fourth-order valence-electron chi connectivity index (χ4n) is 2.52. The SMILES string of the molecule is COc1ccc(-c2cc(C(F)(F)F)nn2-c2ccc(S(N)(=O)=O)cc2)cc1I. The number of ether oxygens (including phenoxy) is 1. The molecule has 0 aliphatic rings. The summed E-state index contributed by atoms with van der Waals surface area (Å²) in [6, 6.07) is 11.0. The molecule has 148 valence electrons. The van der Waals surface area contributed by atoms with Gasteiger partial charge in [0.2, 0.25) is 10.0 Å². The molecule has 0 saturated carbocycles. The van der Waals surface area contributed by atoms with E-state index in [9.17, 15) is 21.6 Å². The molecule has 28 heavy (non-hydrogen) atoms. The Morgan fingerprint density at radius 1 is 1.11 bits per heavy atom. The summed E-state index contributed by atoms with van der Waals surface area (Å²) >= 11 is 2.02. The van der Waals surface area contributed by atoms with Gasteiger partial charge in [-0.1, -0.05) is 0 Å². The minimum absolute atomic E-state index is 0.153. The molecule has 0 saturated heterocycles. The van der Waals surface area contributed by atoms with Crippen LogP contribution >= 0.6 is 22.6 Å². The molecule has 1 heterocycles. The number of sulfonamides is 1. The maximum Gasteiger partial charge on any atom is 0.435 e. The van der Waals surface area contributed by atoms with Crippen LogP contribution in [0.2, 0.25) is 0 Å². The van der Waals surface area contributed by atoms with Crippen molar-refractivity contribution in [3.8, 4) is 22.7 Å². The van der Waals surface area contributed by atoms with E-state index in [2.05, 4.69) is 5.10 Å². The van der Waals surface area contributed by atoms with Crippen LogP contribution in [-0.4, -0.2) is 25.3 Å². The van der Waals surface area contributed by atoms with E-state index in [0.717, 1.165) is 10.7 Å². The molecular formula is C17H13F3IN3O3S. The minimum Gasteiger partial charge on any atom is -0.496 e. The van der Waals surface area contributed by atoms with Gasteiger partial charge < -0.3 is 4.74 Å². The number of aromatic nitrogens is 2. The summed E-state index contributed by atoms with van der Waals surface area (Å²) in [5, 5.41) is 8.73. The molecular weight excluding hydrogens is 510 g/mol. The number of hydrogen-bond donors (Lipinski definition) is 1. The molecule has 0 aliphatic heterocycles. The molecule has 0 radical (unpaired) electrons. The Labute approximate surface area is 172 Å². The first kappa shape index (κ1) is 20.6. The van der Waals surface area contributed by atoms with Gasteiger partial charge in [0.1, 0.15) is 5.75 Å². The van der Waals surface area contributed by atoms with Crippen LogP contribution in [-0.2, 0) is 16.2 Å². The zero-order valence-corrected chi connectivity index (χ0v) is 17.2. The standard InChI is InChI=1S/C17H13F3IN3O3S/c1-27-15-7-2-10(8-13(15)21)14-9-16(17(18,19)20)23-24(14)11-3-5-12(6-4-11)28(22,25)26/h2-9H,1H3,(H2,22,25,26). The number of halogens is 4. The summed E-state index contributed by atoms with van der Waals surface area (Å²) < 4.78 is 69.5. The summed E-state index contributed by atoms with van der Waals surface area (Å²) in [4.78, 5) is -0.153. The van der Waals surface area contributed by atoms with E-state index in [0.29, 0.717) is 14.9 Å². The monoisotopic (exact) mass is 523 g/mol. The van der Waals surface area contributed by atoms with Gasteiger partial charge in [0.05, 0.1) is 27.0 Å². The number of hydrogen-bond acceptors (Lipinski definition) is 4. The lowest BCUT2D eigenvalue weighted by Gasteiger charge is -2.10. The summed E-state index contributed by atoms with van der Waals surface area (Å²) in [6.45, 7) is 0. The van der Waals surface area contributed by atoms with Crippen molar-refractivity contribution in [2.45, 2.75) is 11.1 Å². The first-order valence-corrected chi connectivity index (χ1v) is 10.3. The lowest BCUT2D eigenvalue weighted by Crippen LogP contribution is -2.12. The lowest BCUT2D eigenvalue weighted by atomic mass is 10.1. The molecule has 2 aromatic carbocycles. The fourth-order valence-corrected chi connectivity index (χ4v) is 3.78. The molecule has 0 aliphatic carbocycles. The maximum atomic E-state index is 13.2. The first-order valence-electron chi connectivity index (χ1n) is 7.65. The summed E-state index contributed by atoms with van der Waals surface area (Å²) in [6.07, 6.45) is -4.64. The van der Waals surface area contributed by atoms with Crippen molar-refractivity contribution in [1.82, 2.24) is 9.78 Å². The van der Waals surface area contributed by atoms with Crippen molar-refractivity contribution in [3.63, 3.8) is 0 Å². The average molecular weight is 523 g/mol. The van der Waals surface area contributed by atoms with Crippen molar-refractivity contribution in [2.75, 3.05) is 7.11 Å². The van der Waals surface area contributed by atoms with E-state index < -0.39 is 21.9 Å². The summed E-state index contributed by atoms with van der Waals surface area (Å²) in [5.74, 6) is 0.587. The van der Waals surface area contributed by atoms with Crippen LogP contribution in [0.5, 0.6) is 5.75 Å². The van der Waals surface area contributed by atoms with Crippen LogP contribution in [0.3, 0.4) is 0 Å². The Hall–Kier alpha value is -2.12. The molecule has 0 bridgehead atoms. The molecule has 0 fully saturated rings. The molecule has 6 nitrogen and oxygen atoms in total. The zero-order chi connectivity index (χ0) is 20.7. The normalized spacial score (nSPS) is 12.2. The van der Waals surface area contributed by atoms with Gasteiger partial charge in [0, 0.05) is 5.56 Å². The number of alkyl halides is 3. The van der Waals surface area contributed by atoms with Crippen LogP contribution < -0.4 is 9.88 Å². The Balaban J connectivity index is 2.18. The van der Waals surface area contributed by atoms with Gasteiger partial charge in [-0.25, -0.2) is 18.2 Å². The van der Waals surface area contributed by atoms with Gasteiger partial charge in [-0.3, -0.25) is 0 Å². The second kappa shape index (κ2) is 7.37. The highest BCUT2D eigenvalue weighted by Gasteiger charge is 2.35. The summed E-state index contributed by atoms with van der Waals surface area (Å²) in [5.41, 5.74) is -0.132. The topological polar surface area (TPSA) is 87.2 Å². The highest BCUT2D eigenvalue weighted by atomic mass is 127. The number of benzene rings is 2. The second-order valence-electron chi connectivity index (χ2n) is 5.71. The quantitative estimate of drug-likeness (QED) is 0.527. The van der Waals surface area contributed by atoms with Crippen molar-refractivity contribution < 1.29 is 26.3 Å². The highest BCUT2D eigenvalue weighted by Crippen LogP contribution is 2.35. The fraction of sp³-hybridized carbons (Fsp3) is 0.118. The van der Waals surface area contributed by atoms with Gasteiger partial charge in [-0.2, -0.15) is 18.3 Å². The van der Waals surface area contributed by atoms with E-state index in [1.807, 2.05) is 22.6 Å². The molecule has 1 aromatic heterocycles. The van der Waals surface area contributed by atoms with Crippen LogP contribution in [0.4, 0.5) is 13.2 Å². The van der Waals surface area contributed by atoms with Gasteiger partial charge in [-0.05, 0) is 71.1 Å². The van der Waals surface area contributed by atoms with Crippen LogP contribution in [0.1, 0.15) is 5.69 Å². The third kappa shape index (κ3) is 4.15. The summed E-state index contributed by atoms with van der Waals surface area (Å²) in [7, 11) is -2.42. The van der Waals surface area contributed by atoms with Gasteiger partial charge in [0.15, 0.2) is 5.69 Å². The maximum absolute atomic E-state index is 13.2. The number of nitrogens with zero attached hydrogens (tertiary/aromatic N) is 2. The minimum atomic E-state index is -4.64. The van der Waals surface area contributed by atoms with Crippen molar-refractivity contribution in [3.05, 3.63) is 57.8 Å². The largest absolute Gasteiger partial charge is 0.496 e. The van der Waals surface area contributed by atoms with E-state index in [-0.39, 0.29) is 16.3 Å². The van der Waals surface area contributed by atoms with E-state index >= 15 is 0 Å². The molecule has 0 amide bonds. The molecule has 0 unspecified atom stereocenters. The average Bonchev–Trinajstić information content (AvgIpc) is 3.07. The molecule has 3 rings (SSSR count). The predicted molar refractivity (Wildman–Crippen MR) is 105 cm³/mol. The Morgan fingerprint density at radius 3 is 2.25 bits per heavy atom. The highest BCUT2D eigenvalue weighted by molar-refractivity contribution is 14.1. The third-order valence-electron chi connectivity index (χ3n) is 3.86. The molecule has 3 aromatic rings. The number of methoxy groups -OCH3 is 1. The van der Waals surface area contributed by atoms with Gasteiger partial charge >= 0.3 is 6.18 Å². The Bertz CT molecular complexity index is 1130. The Kier molecular flexibility index (Phi) is 5.42. The smallest absolute Gasteiger partial charge is 0.435 e. The lowest BCUT2D eigenvalue weighted by molar-refractivity contribution is -0.141. The van der Waals surface area contributed by atoms with Crippen molar-refractivity contribution in [1.29, 1.82) is 0 Å². The van der Waals surface area contributed by atoms with Crippen molar-refractivity contribution >= 4 is 32.6 Å². The Morgan fingerprint density at radius 2 is 1.75 bits per heavy atom. The molecule has 0 spiro atoms. The van der Waals surface area contributed by atoms with E-state index in [1.54, 1.807) is 18.2 Å². The third-order valence-corrected chi connectivity index (χ3v) is 5.63. The zero-order valence-electron chi connectivity index (χ0n) is 14.2. The van der Waals surface area contributed by atoms with Gasteiger partial charge in [0.25, 0.3) is 0 Å².